The number of alkyl halides is 3. The van der Waals surface area contributed by atoms with Gasteiger partial charge >= 0.3 is 12.3 Å². The molecule has 1 aliphatic heterocycles. The van der Waals surface area contributed by atoms with Crippen molar-refractivity contribution >= 4 is 25.3 Å². The number of nitrogens with one attached hydrogen (secondary N) is 2. The topological polar surface area (TPSA) is 90.6 Å². The van der Waals surface area contributed by atoms with Crippen LogP contribution in [0.3, 0.4) is 0 Å². The third-order valence-corrected chi connectivity index (χ3v) is 5.80. The number of aromatic amines is 1. The van der Waals surface area contributed by atoms with Crippen LogP contribution >= 0.6 is 0 Å². The molecule has 0 aliphatic carbocycles. The Morgan fingerprint density at radius 1 is 1.26 bits per heavy atom. The van der Waals surface area contributed by atoms with Crippen molar-refractivity contribution in [2.75, 3.05) is 33.3 Å². The van der Waals surface area contributed by atoms with Crippen molar-refractivity contribution in [3.63, 3.8) is 0 Å². The van der Waals surface area contributed by atoms with E-state index in [9.17, 15) is 22.8 Å². The van der Waals surface area contributed by atoms with E-state index < -0.39 is 36.8 Å². The number of aromatic nitrogens is 2. The molecule has 2 aromatic rings. The highest BCUT2D eigenvalue weighted by Crippen LogP contribution is 2.29. The Balaban J connectivity index is 1.91. The summed E-state index contributed by atoms with van der Waals surface area (Å²) in [5.74, 6) is -0.276. The Kier molecular flexibility index (Phi) is 7.91. The number of halogens is 3. The number of amides is 2. The summed E-state index contributed by atoms with van der Waals surface area (Å²) < 4.78 is 43.9. The first kappa shape index (κ1) is 25.6. The van der Waals surface area contributed by atoms with Crippen LogP contribution in [0.2, 0.25) is 0 Å². The Morgan fingerprint density at radius 3 is 2.53 bits per heavy atom. The summed E-state index contributed by atoms with van der Waals surface area (Å²) in [5, 5.41) is 2.54. The zero-order valence-electron chi connectivity index (χ0n) is 19.6. The molecule has 0 radical (unpaired) electrons. The van der Waals surface area contributed by atoms with Crippen LogP contribution < -0.4 is 10.8 Å². The zero-order chi connectivity index (χ0) is 25.0. The van der Waals surface area contributed by atoms with Crippen LogP contribution in [0.15, 0.2) is 30.5 Å². The maximum atomic E-state index is 13.5. The molecule has 0 unspecified atom stereocenters. The molecule has 184 valence electrons. The standard InChI is InChI=1S/C22H29BF3N5O3/c1-13(2)18(29-21(33)34-3)20(32)31-9-8-30(12-22(24,25)26)11-17(31)19-27-10-16(28-19)14-4-6-15(23)7-5-14/h4-7,10,13,17-18H,8-9,11-12,23H2,1-3H3,(H,27,28)(H,29,33)/t17-,18-/m0/s1. The van der Waals surface area contributed by atoms with Crippen LogP contribution in [0, 0.1) is 5.92 Å². The molecule has 2 atom stereocenters. The number of methoxy groups -OCH3 is 1. The van der Waals surface area contributed by atoms with Crippen molar-refractivity contribution in [3.05, 3.63) is 36.3 Å². The molecule has 1 aromatic carbocycles. The van der Waals surface area contributed by atoms with Gasteiger partial charge in [-0.15, -0.1) is 0 Å². The number of H-pyrrole nitrogens is 1. The Morgan fingerprint density at radius 2 is 1.94 bits per heavy atom. The van der Waals surface area contributed by atoms with E-state index in [4.69, 9.17) is 0 Å². The molecule has 1 aromatic heterocycles. The lowest BCUT2D eigenvalue weighted by atomic mass is 9.95. The first-order valence-corrected chi connectivity index (χ1v) is 11.0. The molecule has 2 heterocycles. The zero-order valence-corrected chi connectivity index (χ0v) is 19.6. The third-order valence-electron chi connectivity index (χ3n) is 5.80. The molecule has 0 bridgehead atoms. The summed E-state index contributed by atoms with van der Waals surface area (Å²) in [5.41, 5.74) is 2.56. The van der Waals surface area contributed by atoms with Crippen molar-refractivity contribution in [2.45, 2.75) is 32.1 Å². The minimum absolute atomic E-state index is 0.0465. The number of hydrogen-bond donors (Lipinski definition) is 2. The predicted molar refractivity (Wildman–Crippen MR) is 123 cm³/mol. The van der Waals surface area contributed by atoms with E-state index >= 15 is 0 Å². The summed E-state index contributed by atoms with van der Waals surface area (Å²) in [6.45, 7) is 2.54. The lowest BCUT2D eigenvalue weighted by molar-refractivity contribution is -0.157. The van der Waals surface area contributed by atoms with Crippen molar-refractivity contribution in [2.24, 2.45) is 5.92 Å². The monoisotopic (exact) mass is 479 g/mol. The van der Waals surface area contributed by atoms with Crippen LogP contribution in [0.25, 0.3) is 11.3 Å². The van der Waals surface area contributed by atoms with E-state index in [2.05, 4.69) is 20.0 Å². The number of nitrogens with zero attached hydrogens (tertiary/aromatic N) is 3. The second-order valence-electron chi connectivity index (χ2n) is 8.79. The molecule has 1 saturated heterocycles. The number of carbonyl (C=O) groups excluding carboxylic acids is 2. The van der Waals surface area contributed by atoms with Gasteiger partial charge in [-0.3, -0.25) is 9.69 Å². The molecular formula is C22H29BF3N5O3. The molecular weight excluding hydrogens is 450 g/mol. The maximum Gasteiger partial charge on any atom is 0.407 e. The molecule has 8 nitrogen and oxygen atoms in total. The Labute approximate surface area is 197 Å². The fourth-order valence-electron chi connectivity index (χ4n) is 3.99. The maximum absolute atomic E-state index is 13.5. The Bertz CT molecular complexity index is 996. The lowest BCUT2D eigenvalue weighted by Gasteiger charge is -2.42. The average molecular weight is 479 g/mol. The average Bonchev–Trinajstić information content (AvgIpc) is 3.26. The van der Waals surface area contributed by atoms with Gasteiger partial charge in [-0.1, -0.05) is 43.6 Å². The van der Waals surface area contributed by atoms with Crippen molar-refractivity contribution in [1.29, 1.82) is 0 Å². The molecule has 2 amide bonds. The van der Waals surface area contributed by atoms with Crippen LogP contribution in [-0.2, 0) is 9.53 Å². The number of imidazole rings is 1. The first-order valence-electron chi connectivity index (χ1n) is 11.0. The number of piperazine rings is 1. The fourth-order valence-corrected chi connectivity index (χ4v) is 3.99. The minimum atomic E-state index is -4.36. The molecule has 34 heavy (non-hydrogen) atoms. The number of rotatable bonds is 6. The van der Waals surface area contributed by atoms with Gasteiger partial charge in [-0.2, -0.15) is 13.2 Å². The quantitative estimate of drug-likeness (QED) is 0.613. The van der Waals surface area contributed by atoms with Crippen LogP contribution in [0.5, 0.6) is 0 Å². The van der Waals surface area contributed by atoms with E-state index in [-0.39, 0.29) is 25.6 Å². The molecule has 0 spiro atoms. The highest BCUT2D eigenvalue weighted by atomic mass is 19.4. The first-order chi connectivity index (χ1) is 16.0. The van der Waals surface area contributed by atoms with Gasteiger partial charge in [0.05, 0.1) is 19.3 Å². The van der Waals surface area contributed by atoms with Gasteiger partial charge in [0, 0.05) is 31.4 Å². The van der Waals surface area contributed by atoms with E-state index in [1.165, 1.54) is 16.9 Å². The van der Waals surface area contributed by atoms with E-state index in [0.29, 0.717) is 11.5 Å². The number of alkyl carbamates (subject to hydrolysis) is 1. The summed E-state index contributed by atoms with van der Waals surface area (Å²) in [4.78, 5) is 35.7. The minimum Gasteiger partial charge on any atom is -0.453 e. The highest BCUT2D eigenvalue weighted by molar-refractivity contribution is 6.32. The highest BCUT2D eigenvalue weighted by Gasteiger charge is 2.41. The van der Waals surface area contributed by atoms with Gasteiger partial charge in [0.25, 0.3) is 0 Å². The summed E-state index contributed by atoms with van der Waals surface area (Å²) >= 11 is 0. The van der Waals surface area contributed by atoms with E-state index in [1.54, 1.807) is 20.0 Å². The number of hydrogen-bond acceptors (Lipinski definition) is 5. The smallest absolute Gasteiger partial charge is 0.407 e. The normalized spacial score (nSPS) is 18.1. The molecule has 0 saturated carbocycles. The lowest BCUT2D eigenvalue weighted by Crippen LogP contribution is -2.58. The Hall–Kier alpha value is -3.02. The summed E-state index contributed by atoms with van der Waals surface area (Å²) in [6, 6.07) is 6.06. The van der Waals surface area contributed by atoms with Gasteiger partial charge < -0.3 is 19.9 Å². The molecule has 3 rings (SSSR count). The third kappa shape index (κ3) is 6.31. The van der Waals surface area contributed by atoms with E-state index in [1.807, 2.05) is 32.1 Å². The number of ether oxygens (including phenoxy) is 1. The SMILES string of the molecule is Bc1ccc(-c2c[nH]c([C@@H]3CN(CC(F)(F)F)CCN3C(=O)[C@@H](NC(=O)OC)C(C)C)n2)cc1. The van der Waals surface area contributed by atoms with Crippen LogP contribution in [0.1, 0.15) is 25.7 Å². The number of carbonyl (C=O) groups is 2. The van der Waals surface area contributed by atoms with Gasteiger partial charge in [0.1, 0.15) is 25.8 Å². The largest absolute Gasteiger partial charge is 0.453 e. The van der Waals surface area contributed by atoms with Gasteiger partial charge in [0.15, 0.2) is 0 Å². The molecule has 2 N–H and O–H groups in total. The van der Waals surface area contributed by atoms with Crippen molar-refractivity contribution < 1.29 is 27.5 Å². The second-order valence-corrected chi connectivity index (χ2v) is 8.79. The van der Waals surface area contributed by atoms with Crippen LogP contribution in [-0.4, -0.2) is 85.1 Å². The summed E-state index contributed by atoms with van der Waals surface area (Å²) in [7, 11) is 3.17. The van der Waals surface area contributed by atoms with Gasteiger partial charge in [-0.05, 0) is 5.92 Å². The predicted octanol–water partition coefficient (Wildman–Crippen LogP) is 1.46. The van der Waals surface area contributed by atoms with Crippen molar-refractivity contribution in [3.8, 4) is 11.3 Å². The molecule has 12 heteroatoms. The van der Waals surface area contributed by atoms with Crippen molar-refractivity contribution in [1.82, 2.24) is 25.1 Å². The fraction of sp³-hybridized carbons (Fsp3) is 0.500. The summed E-state index contributed by atoms with van der Waals surface area (Å²) in [6.07, 6.45) is -3.43. The second kappa shape index (κ2) is 10.5. The van der Waals surface area contributed by atoms with Gasteiger partial charge in [0.2, 0.25) is 5.91 Å². The van der Waals surface area contributed by atoms with E-state index in [0.717, 1.165) is 11.0 Å². The molecule has 1 aliphatic rings. The molecule has 1 fully saturated rings. The number of benzene rings is 1. The van der Waals surface area contributed by atoms with Gasteiger partial charge in [-0.25, -0.2) is 9.78 Å². The van der Waals surface area contributed by atoms with Crippen LogP contribution in [0.4, 0.5) is 18.0 Å².